The monoisotopic (exact) mass is 339 g/mol. The molecule has 120 valence electrons. The lowest BCUT2D eigenvalue weighted by molar-refractivity contribution is -0.396. The molecule has 1 unspecified atom stereocenters. The third-order valence-corrected chi connectivity index (χ3v) is 4.70. The Labute approximate surface area is 127 Å². The summed E-state index contributed by atoms with van der Waals surface area (Å²) < 4.78 is 20.4. The van der Waals surface area contributed by atoms with Crippen LogP contribution in [0.1, 0.15) is 19.0 Å². The number of halogens is 1. The topological polar surface area (TPSA) is 117 Å². The van der Waals surface area contributed by atoms with Gasteiger partial charge in [-0.15, -0.1) is 11.6 Å². The fourth-order valence-electron chi connectivity index (χ4n) is 1.72. The molecule has 0 aliphatic heterocycles. The second-order valence-electron chi connectivity index (χ2n) is 4.35. The molecule has 0 aliphatic rings. The molecule has 9 nitrogen and oxygen atoms in total. The highest BCUT2D eigenvalue weighted by atomic mass is 35.5. The van der Waals surface area contributed by atoms with E-state index in [9.17, 15) is 14.7 Å². The van der Waals surface area contributed by atoms with E-state index < -0.39 is 12.6 Å². The highest BCUT2D eigenvalue weighted by molar-refractivity contribution is 7.53. The van der Waals surface area contributed by atoms with Gasteiger partial charge in [0.05, 0.1) is 7.05 Å². The first kappa shape index (κ1) is 18.1. The third kappa shape index (κ3) is 4.76. The number of hydrogen-bond donors (Lipinski definition) is 1. The van der Waals surface area contributed by atoms with Gasteiger partial charge < -0.3 is 10.1 Å². The van der Waals surface area contributed by atoms with Crippen molar-refractivity contribution >= 4 is 25.2 Å². The molecule has 1 aromatic rings. The van der Waals surface area contributed by atoms with Gasteiger partial charge in [0.25, 0.3) is 0 Å². The summed E-state index contributed by atoms with van der Waals surface area (Å²) in [6.45, 7) is 2.63. The number of nitrogens with zero attached hydrogens (tertiary/aromatic N) is 4. The summed E-state index contributed by atoms with van der Waals surface area (Å²) in [7, 11) is -2.02. The van der Waals surface area contributed by atoms with Crippen molar-refractivity contribution in [1.82, 2.24) is 14.2 Å². The normalized spacial score (nSPS) is 14.3. The first-order valence-electron chi connectivity index (χ1n) is 6.33. The van der Waals surface area contributed by atoms with Gasteiger partial charge in [0.2, 0.25) is 0 Å². The summed E-state index contributed by atoms with van der Waals surface area (Å²) in [5, 5.41) is 10.7. The van der Waals surface area contributed by atoms with Gasteiger partial charge in [-0.2, -0.15) is 0 Å². The van der Waals surface area contributed by atoms with Crippen LogP contribution in [0.25, 0.3) is 0 Å². The minimum absolute atomic E-state index is 0.131. The van der Waals surface area contributed by atoms with E-state index in [4.69, 9.17) is 21.6 Å². The van der Waals surface area contributed by atoms with Gasteiger partial charge in [0, 0.05) is 19.0 Å². The van der Waals surface area contributed by atoms with Crippen LogP contribution in [0.3, 0.4) is 0 Å². The first-order valence-corrected chi connectivity index (χ1v) is 8.51. The Morgan fingerprint density at radius 2 is 2.29 bits per heavy atom. The molecule has 21 heavy (non-hydrogen) atoms. The molecule has 11 heteroatoms. The molecule has 1 rings (SSSR count). The molecular formula is C10H19ClN5O4P. The van der Waals surface area contributed by atoms with Crippen molar-refractivity contribution in [2.24, 2.45) is 12.6 Å². The van der Waals surface area contributed by atoms with E-state index in [0.29, 0.717) is 18.8 Å². The van der Waals surface area contributed by atoms with Crippen molar-refractivity contribution in [2.45, 2.75) is 20.0 Å². The van der Waals surface area contributed by atoms with Gasteiger partial charge in [0.15, 0.2) is 0 Å². The van der Waals surface area contributed by atoms with Crippen molar-refractivity contribution in [3.8, 4) is 0 Å². The van der Waals surface area contributed by atoms with Crippen molar-refractivity contribution < 1.29 is 14.0 Å². The van der Waals surface area contributed by atoms with Crippen molar-refractivity contribution in [2.75, 3.05) is 19.0 Å². The number of rotatable bonds is 9. The van der Waals surface area contributed by atoms with E-state index in [1.807, 2.05) is 6.92 Å². The van der Waals surface area contributed by atoms with Crippen LogP contribution in [0.5, 0.6) is 0 Å². The van der Waals surface area contributed by atoms with E-state index in [1.54, 1.807) is 0 Å². The second kappa shape index (κ2) is 7.86. The highest BCUT2D eigenvalue weighted by Crippen LogP contribution is 2.43. The lowest BCUT2D eigenvalue weighted by Crippen LogP contribution is -2.28. The fraction of sp³-hybridized carbons (Fsp3) is 0.700. The minimum atomic E-state index is -3.50. The van der Waals surface area contributed by atoms with Crippen LogP contribution in [0, 0.1) is 10.1 Å². The van der Waals surface area contributed by atoms with E-state index >= 15 is 0 Å². The molecule has 0 spiro atoms. The molecule has 0 saturated heterocycles. The SMILES string of the molecule is CCCN(CCCl)P(N)(=O)OCc1cnc([N+](=O)[O-])n1C. The van der Waals surface area contributed by atoms with Gasteiger partial charge in [-0.1, -0.05) is 11.9 Å². The van der Waals surface area contributed by atoms with Crippen LogP contribution >= 0.6 is 19.3 Å². The Kier molecular flexibility index (Phi) is 6.76. The van der Waals surface area contributed by atoms with Crippen LogP contribution in [0.15, 0.2) is 6.20 Å². The third-order valence-electron chi connectivity index (χ3n) is 2.84. The van der Waals surface area contributed by atoms with Gasteiger partial charge in [-0.25, -0.2) is 14.7 Å². The largest absolute Gasteiger partial charge is 0.434 e. The Bertz CT molecular complexity index is 532. The van der Waals surface area contributed by atoms with Crippen molar-refractivity contribution in [1.29, 1.82) is 0 Å². The summed E-state index contributed by atoms with van der Waals surface area (Å²) >= 11 is 5.66. The minimum Gasteiger partial charge on any atom is -0.390 e. The maximum absolute atomic E-state index is 12.4. The smallest absolute Gasteiger partial charge is 0.390 e. The number of aromatic nitrogens is 2. The zero-order valence-corrected chi connectivity index (χ0v) is 13.6. The molecule has 0 fully saturated rings. The zero-order valence-electron chi connectivity index (χ0n) is 11.9. The van der Waals surface area contributed by atoms with Crippen LogP contribution in [-0.4, -0.2) is 38.1 Å². The molecule has 0 bridgehead atoms. The van der Waals surface area contributed by atoms with Crippen molar-refractivity contribution in [3.05, 3.63) is 22.0 Å². The Morgan fingerprint density at radius 3 is 2.76 bits per heavy atom. The van der Waals surface area contributed by atoms with Crippen molar-refractivity contribution in [3.63, 3.8) is 0 Å². The van der Waals surface area contributed by atoms with E-state index in [0.717, 1.165) is 6.42 Å². The maximum Gasteiger partial charge on any atom is 0.434 e. The summed E-state index contributed by atoms with van der Waals surface area (Å²) in [6, 6.07) is 0. The van der Waals surface area contributed by atoms with Gasteiger partial charge in [-0.3, -0.25) is 9.09 Å². The Hall–Kier alpha value is -0.990. The fourth-order valence-corrected chi connectivity index (χ4v) is 3.38. The molecule has 0 aliphatic carbocycles. The van der Waals surface area contributed by atoms with Crippen LogP contribution in [-0.2, 0) is 22.7 Å². The zero-order chi connectivity index (χ0) is 16.0. The Balaban J connectivity index is 2.76. The molecule has 0 aromatic carbocycles. The molecule has 1 heterocycles. The molecule has 2 N–H and O–H groups in total. The lowest BCUT2D eigenvalue weighted by atomic mass is 10.5. The number of imidazole rings is 1. The number of nitrogens with two attached hydrogens (primary N) is 1. The first-order chi connectivity index (χ1) is 9.83. The molecule has 0 amide bonds. The number of nitro groups is 1. The van der Waals surface area contributed by atoms with Crippen LogP contribution in [0.4, 0.5) is 5.95 Å². The molecule has 1 atom stereocenters. The average Bonchev–Trinajstić information content (AvgIpc) is 2.77. The van der Waals surface area contributed by atoms with Crippen LogP contribution in [0.2, 0.25) is 0 Å². The summed E-state index contributed by atoms with van der Waals surface area (Å²) in [6.07, 6.45) is 2.04. The van der Waals surface area contributed by atoms with Gasteiger partial charge in [-0.05, 0) is 11.3 Å². The number of alkyl halides is 1. The lowest BCUT2D eigenvalue weighted by Gasteiger charge is -2.26. The summed E-state index contributed by atoms with van der Waals surface area (Å²) in [5.74, 6) is -0.0338. The molecular weight excluding hydrogens is 321 g/mol. The van der Waals surface area contributed by atoms with Gasteiger partial charge in [0.1, 0.15) is 18.5 Å². The maximum atomic E-state index is 12.4. The molecule has 0 saturated carbocycles. The highest BCUT2D eigenvalue weighted by Gasteiger charge is 2.28. The predicted octanol–water partition coefficient (Wildman–Crippen LogP) is 1.86. The molecule has 1 aromatic heterocycles. The second-order valence-corrected chi connectivity index (χ2v) is 6.68. The molecule has 0 radical (unpaired) electrons. The van der Waals surface area contributed by atoms with E-state index in [2.05, 4.69) is 4.98 Å². The summed E-state index contributed by atoms with van der Waals surface area (Å²) in [5.41, 5.74) is 6.15. The average molecular weight is 340 g/mol. The number of hydrogen-bond acceptors (Lipinski definition) is 5. The predicted molar refractivity (Wildman–Crippen MR) is 79.0 cm³/mol. The standard InChI is InChI=1S/C10H19ClN5O4P/c1-3-5-15(6-4-11)21(12,19)20-8-9-7-13-10(14(9)2)16(17)18/h7H,3-6,8H2,1-2H3,(H2,12,19). The quantitative estimate of drug-likeness (QED) is 0.316. The van der Waals surface area contributed by atoms with E-state index in [-0.39, 0.29) is 18.4 Å². The van der Waals surface area contributed by atoms with Crippen LogP contribution < -0.4 is 5.50 Å². The van der Waals surface area contributed by atoms with Gasteiger partial charge >= 0.3 is 13.6 Å². The van der Waals surface area contributed by atoms with E-state index in [1.165, 1.54) is 22.5 Å². The summed E-state index contributed by atoms with van der Waals surface area (Å²) in [4.78, 5) is 13.7. The Morgan fingerprint density at radius 1 is 1.62 bits per heavy atom.